The Kier molecular flexibility index (Phi) is 6.88. The molecule has 0 radical (unpaired) electrons. The summed E-state index contributed by atoms with van der Waals surface area (Å²) in [4.78, 5) is 12.4. The molecule has 0 aliphatic rings. The maximum Gasteiger partial charge on any atom is 0.416 e. The van der Waals surface area contributed by atoms with Crippen LogP contribution in [0, 0.1) is 0 Å². The largest absolute Gasteiger partial charge is 0.492 e. The fraction of sp³-hybridized carbons (Fsp3) is 0.211. The summed E-state index contributed by atoms with van der Waals surface area (Å²) < 4.78 is 46.0. The van der Waals surface area contributed by atoms with E-state index in [2.05, 4.69) is 15.5 Å². The van der Waals surface area contributed by atoms with Crippen LogP contribution in [-0.2, 0) is 11.0 Å². The number of rotatable bonds is 7. The van der Waals surface area contributed by atoms with Gasteiger partial charge in [0.15, 0.2) is 5.16 Å². The molecule has 158 valence electrons. The van der Waals surface area contributed by atoms with E-state index >= 15 is 0 Å². The lowest BCUT2D eigenvalue weighted by Gasteiger charge is -2.14. The second kappa shape index (κ2) is 9.40. The van der Waals surface area contributed by atoms with Gasteiger partial charge in [-0.2, -0.15) is 13.2 Å². The maximum atomic E-state index is 13.0. The minimum atomic E-state index is -4.54. The molecule has 1 aromatic heterocycles. The van der Waals surface area contributed by atoms with Crippen molar-refractivity contribution in [1.82, 2.24) is 14.8 Å². The van der Waals surface area contributed by atoms with E-state index in [1.54, 1.807) is 35.8 Å². The Hall–Kier alpha value is -2.72. The van der Waals surface area contributed by atoms with Crippen LogP contribution in [0.4, 0.5) is 18.9 Å². The van der Waals surface area contributed by atoms with Crippen molar-refractivity contribution in [2.45, 2.75) is 18.3 Å². The number of benzene rings is 2. The van der Waals surface area contributed by atoms with Crippen LogP contribution in [0.1, 0.15) is 12.5 Å². The van der Waals surface area contributed by atoms with Crippen molar-refractivity contribution in [3.63, 3.8) is 0 Å². The van der Waals surface area contributed by atoms with Crippen LogP contribution in [0.2, 0.25) is 5.02 Å². The molecule has 0 fully saturated rings. The maximum absolute atomic E-state index is 13.0. The fourth-order valence-electron chi connectivity index (χ4n) is 2.53. The van der Waals surface area contributed by atoms with Crippen LogP contribution in [0.15, 0.2) is 53.9 Å². The Balaban J connectivity index is 1.72. The average Bonchev–Trinajstić information content (AvgIpc) is 3.16. The monoisotopic (exact) mass is 456 g/mol. The molecular weight excluding hydrogens is 441 g/mol. The van der Waals surface area contributed by atoms with Crippen LogP contribution in [0.5, 0.6) is 5.75 Å². The van der Waals surface area contributed by atoms with Gasteiger partial charge < -0.3 is 10.1 Å². The van der Waals surface area contributed by atoms with Gasteiger partial charge in [-0.05, 0) is 43.3 Å². The number of hydrogen-bond acceptors (Lipinski definition) is 5. The zero-order chi connectivity index (χ0) is 21.7. The molecule has 30 heavy (non-hydrogen) atoms. The Labute approximate surface area is 179 Å². The predicted molar refractivity (Wildman–Crippen MR) is 108 cm³/mol. The zero-order valence-electron chi connectivity index (χ0n) is 15.6. The molecule has 1 amide bonds. The first-order valence-electron chi connectivity index (χ1n) is 8.70. The molecule has 0 aliphatic heterocycles. The Morgan fingerprint density at radius 3 is 2.77 bits per heavy atom. The standard InChI is InChI=1S/C19H16ClF3N4O2S/c1-2-29-16-7-6-12(19(21,22)23)8-15(16)25-17(28)10-30-18-26-24-11-27(18)14-5-3-4-13(20)9-14/h3-9,11H,2,10H2,1H3,(H,25,28). The number of thioether (sulfide) groups is 1. The summed E-state index contributed by atoms with van der Waals surface area (Å²) in [6.45, 7) is 1.94. The molecular formula is C19H16ClF3N4O2S. The number of alkyl halides is 3. The molecule has 0 atom stereocenters. The van der Waals surface area contributed by atoms with Crippen molar-refractivity contribution in [3.05, 3.63) is 59.4 Å². The van der Waals surface area contributed by atoms with Crippen LogP contribution in [-0.4, -0.2) is 33.0 Å². The number of amides is 1. The van der Waals surface area contributed by atoms with Crippen LogP contribution >= 0.6 is 23.4 Å². The van der Waals surface area contributed by atoms with Crippen molar-refractivity contribution >= 4 is 35.0 Å². The van der Waals surface area contributed by atoms with E-state index in [1.165, 1.54) is 12.4 Å². The first kappa shape index (κ1) is 22.0. The van der Waals surface area contributed by atoms with E-state index in [4.69, 9.17) is 16.3 Å². The molecule has 0 bridgehead atoms. The normalized spacial score (nSPS) is 11.4. The Morgan fingerprint density at radius 2 is 2.07 bits per heavy atom. The lowest BCUT2D eigenvalue weighted by atomic mass is 10.1. The highest BCUT2D eigenvalue weighted by Crippen LogP contribution is 2.35. The molecule has 2 aromatic carbocycles. The van der Waals surface area contributed by atoms with Gasteiger partial charge in [-0.1, -0.05) is 29.4 Å². The average molecular weight is 457 g/mol. The number of anilines is 1. The Morgan fingerprint density at radius 1 is 1.27 bits per heavy atom. The van der Waals surface area contributed by atoms with Gasteiger partial charge in [0.05, 0.1) is 29.3 Å². The fourth-order valence-corrected chi connectivity index (χ4v) is 3.44. The number of halogens is 4. The van der Waals surface area contributed by atoms with Gasteiger partial charge in [0.25, 0.3) is 0 Å². The number of carbonyl (C=O) groups excluding carboxylic acids is 1. The second-order valence-electron chi connectivity index (χ2n) is 5.94. The van der Waals surface area contributed by atoms with E-state index in [1.807, 2.05) is 0 Å². The highest BCUT2D eigenvalue weighted by Gasteiger charge is 2.31. The molecule has 3 aromatic rings. The highest BCUT2D eigenvalue weighted by molar-refractivity contribution is 7.99. The number of nitrogens with one attached hydrogen (secondary N) is 1. The molecule has 0 saturated carbocycles. The summed E-state index contributed by atoms with van der Waals surface area (Å²) in [6, 6.07) is 9.95. The third kappa shape index (κ3) is 5.45. The molecule has 1 N–H and O–H groups in total. The van der Waals surface area contributed by atoms with Gasteiger partial charge >= 0.3 is 6.18 Å². The van der Waals surface area contributed by atoms with Crippen LogP contribution < -0.4 is 10.1 Å². The number of hydrogen-bond donors (Lipinski definition) is 1. The third-order valence-electron chi connectivity index (χ3n) is 3.82. The second-order valence-corrected chi connectivity index (χ2v) is 7.32. The Bertz CT molecular complexity index is 1040. The van der Waals surface area contributed by atoms with Crippen LogP contribution in [0.3, 0.4) is 0 Å². The third-order valence-corrected chi connectivity index (χ3v) is 4.99. The molecule has 0 spiro atoms. The van der Waals surface area contributed by atoms with Crippen molar-refractivity contribution in [2.75, 3.05) is 17.7 Å². The van der Waals surface area contributed by atoms with Gasteiger partial charge in [-0.3, -0.25) is 9.36 Å². The van der Waals surface area contributed by atoms with Gasteiger partial charge in [0.2, 0.25) is 5.91 Å². The molecule has 6 nitrogen and oxygen atoms in total. The summed E-state index contributed by atoms with van der Waals surface area (Å²) >= 11 is 7.08. The summed E-state index contributed by atoms with van der Waals surface area (Å²) in [5, 5.41) is 11.3. The van der Waals surface area contributed by atoms with Gasteiger partial charge in [0, 0.05) is 5.02 Å². The van der Waals surface area contributed by atoms with Crippen molar-refractivity contribution < 1.29 is 22.7 Å². The molecule has 11 heteroatoms. The molecule has 3 rings (SSSR count). The van der Waals surface area contributed by atoms with Gasteiger partial charge in [-0.25, -0.2) is 0 Å². The number of nitrogens with zero attached hydrogens (tertiary/aromatic N) is 3. The number of aromatic nitrogens is 3. The van der Waals surface area contributed by atoms with E-state index in [-0.39, 0.29) is 23.8 Å². The summed E-state index contributed by atoms with van der Waals surface area (Å²) in [6.07, 6.45) is -3.06. The smallest absolute Gasteiger partial charge is 0.416 e. The van der Waals surface area contributed by atoms with Crippen molar-refractivity contribution in [1.29, 1.82) is 0 Å². The highest BCUT2D eigenvalue weighted by atomic mass is 35.5. The first-order chi connectivity index (χ1) is 14.3. The van der Waals surface area contributed by atoms with Gasteiger partial charge in [0.1, 0.15) is 12.1 Å². The van der Waals surface area contributed by atoms with Gasteiger partial charge in [-0.15, -0.1) is 10.2 Å². The van der Waals surface area contributed by atoms with E-state index in [0.717, 1.165) is 23.9 Å². The summed E-state index contributed by atoms with van der Waals surface area (Å²) in [5.74, 6) is -0.451. The topological polar surface area (TPSA) is 69.0 Å². The van der Waals surface area contributed by atoms with E-state index in [9.17, 15) is 18.0 Å². The first-order valence-corrected chi connectivity index (χ1v) is 10.1. The van der Waals surface area contributed by atoms with Crippen molar-refractivity contribution in [3.8, 4) is 11.4 Å². The van der Waals surface area contributed by atoms with E-state index in [0.29, 0.717) is 15.9 Å². The predicted octanol–water partition coefficient (Wildman–Crippen LogP) is 5.07. The van der Waals surface area contributed by atoms with Crippen LogP contribution in [0.25, 0.3) is 5.69 Å². The van der Waals surface area contributed by atoms with E-state index < -0.39 is 17.6 Å². The zero-order valence-corrected chi connectivity index (χ0v) is 17.2. The lowest BCUT2D eigenvalue weighted by Crippen LogP contribution is -2.16. The number of ether oxygens (including phenoxy) is 1. The molecule has 0 saturated heterocycles. The number of carbonyl (C=O) groups is 1. The molecule has 1 heterocycles. The summed E-state index contributed by atoms with van der Waals surface area (Å²) in [7, 11) is 0. The molecule has 0 aliphatic carbocycles. The quantitative estimate of drug-likeness (QED) is 0.503. The lowest BCUT2D eigenvalue weighted by molar-refractivity contribution is -0.137. The minimum absolute atomic E-state index is 0.0476. The van der Waals surface area contributed by atoms with Crippen molar-refractivity contribution in [2.24, 2.45) is 0 Å². The minimum Gasteiger partial charge on any atom is -0.492 e. The molecule has 0 unspecified atom stereocenters. The SMILES string of the molecule is CCOc1ccc(C(F)(F)F)cc1NC(=O)CSc1nncn1-c1cccc(Cl)c1. The summed E-state index contributed by atoms with van der Waals surface area (Å²) in [5.41, 5.74) is -0.213.